The normalized spacial score (nSPS) is 16.8. The van der Waals surface area contributed by atoms with Crippen molar-refractivity contribution in [1.29, 1.82) is 0 Å². The Labute approximate surface area is 268 Å². The zero-order chi connectivity index (χ0) is 33.6. The number of fused-ring (bicyclic) bond motifs is 2. The summed E-state index contributed by atoms with van der Waals surface area (Å²) in [5.41, 5.74) is 2.37. The van der Waals surface area contributed by atoms with Gasteiger partial charge in [-0.2, -0.15) is 4.73 Å². The van der Waals surface area contributed by atoms with Crippen molar-refractivity contribution in [3.8, 4) is 0 Å². The molecule has 252 valence electrons. The van der Waals surface area contributed by atoms with Gasteiger partial charge in [-0.3, -0.25) is 24.0 Å². The highest BCUT2D eigenvalue weighted by atomic mass is 16.6. The van der Waals surface area contributed by atoms with Gasteiger partial charge in [0, 0.05) is 31.0 Å². The quantitative estimate of drug-likeness (QED) is 0.395. The number of carbonyl (C=O) groups excluding carboxylic acids is 5. The highest BCUT2D eigenvalue weighted by Crippen LogP contribution is 2.19. The molecule has 0 spiro atoms. The number of benzene rings is 1. The minimum atomic E-state index is -0.555. The molecular formula is C34H55N5O6. The Morgan fingerprint density at radius 3 is 2.13 bits per heavy atom. The molecule has 1 atom stereocenters. The van der Waals surface area contributed by atoms with Crippen LogP contribution in [0.1, 0.15) is 97.5 Å². The predicted molar refractivity (Wildman–Crippen MR) is 178 cm³/mol. The fraction of sp³-hybridized carbons (Fsp3) is 0.618. The number of para-hydroxylation sites is 1. The Balaban J connectivity index is 0.000000344. The fourth-order valence-electron chi connectivity index (χ4n) is 4.58. The average molecular weight is 630 g/mol. The number of hydrogen-bond donors (Lipinski definition) is 3. The molecule has 2 aliphatic rings. The van der Waals surface area contributed by atoms with Gasteiger partial charge in [0.05, 0.1) is 25.2 Å². The predicted octanol–water partition coefficient (Wildman–Crippen LogP) is 4.09. The van der Waals surface area contributed by atoms with Crippen LogP contribution in [0.15, 0.2) is 30.5 Å². The molecular weight excluding hydrogens is 574 g/mol. The van der Waals surface area contributed by atoms with Crippen molar-refractivity contribution >= 4 is 40.3 Å². The molecule has 4 rings (SSSR count). The fourth-order valence-corrected chi connectivity index (χ4v) is 4.58. The molecule has 11 heteroatoms. The van der Waals surface area contributed by atoms with Crippen molar-refractivity contribution in [3.63, 3.8) is 0 Å². The van der Waals surface area contributed by atoms with Gasteiger partial charge in [-0.05, 0) is 44.2 Å². The van der Waals surface area contributed by atoms with E-state index in [0.29, 0.717) is 25.2 Å². The van der Waals surface area contributed by atoms with E-state index in [1.807, 2.05) is 31.3 Å². The summed E-state index contributed by atoms with van der Waals surface area (Å²) in [6.45, 7) is 10.5. The monoisotopic (exact) mass is 629 g/mol. The van der Waals surface area contributed by atoms with E-state index >= 15 is 0 Å². The van der Waals surface area contributed by atoms with E-state index in [4.69, 9.17) is 4.84 Å². The van der Waals surface area contributed by atoms with Crippen LogP contribution >= 0.6 is 0 Å². The number of aryl methyl sites for hydroxylation is 1. The summed E-state index contributed by atoms with van der Waals surface area (Å²) < 4.78 is 1.78. The Morgan fingerprint density at radius 1 is 0.867 bits per heavy atom. The molecule has 1 aromatic heterocycles. The second kappa shape index (κ2) is 22.6. The molecule has 3 heterocycles. The summed E-state index contributed by atoms with van der Waals surface area (Å²) in [5, 5.41) is 8.57. The first kappa shape index (κ1) is 39.1. The van der Waals surface area contributed by atoms with E-state index in [-0.39, 0.29) is 31.4 Å². The molecule has 2 aromatic rings. The lowest BCUT2D eigenvalue weighted by atomic mass is 10.0. The maximum absolute atomic E-state index is 12.1. The number of piperidine rings is 1. The maximum Gasteiger partial charge on any atom is 0.243 e. The van der Waals surface area contributed by atoms with Gasteiger partial charge in [0.1, 0.15) is 18.9 Å². The summed E-state index contributed by atoms with van der Waals surface area (Å²) in [7, 11) is 1.67. The lowest BCUT2D eigenvalue weighted by Crippen LogP contribution is -2.56. The summed E-state index contributed by atoms with van der Waals surface area (Å²) in [6, 6.07) is 7.64. The van der Waals surface area contributed by atoms with Crippen molar-refractivity contribution in [2.75, 3.05) is 33.3 Å². The average Bonchev–Trinajstić information content (AvgIpc) is 3.40. The summed E-state index contributed by atoms with van der Waals surface area (Å²) in [5.74, 6) is -1.04. The number of hydrogen-bond acceptors (Lipinski definition) is 6. The first-order valence-corrected chi connectivity index (χ1v) is 16.4. The van der Waals surface area contributed by atoms with Crippen molar-refractivity contribution in [1.82, 2.24) is 25.6 Å². The van der Waals surface area contributed by atoms with Gasteiger partial charge >= 0.3 is 0 Å². The van der Waals surface area contributed by atoms with Crippen molar-refractivity contribution < 1.29 is 28.8 Å². The highest BCUT2D eigenvalue weighted by molar-refractivity contribution is 5.94. The molecule has 2 saturated heterocycles. The zero-order valence-corrected chi connectivity index (χ0v) is 28.2. The van der Waals surface area contributed by atoms with Crippen LogP contribution in [0.4, 0.5) is 0 Å². The van der Waals surface area contributed by atoms with Gasteiger partial charge in [0.2, 0.25) is 23.6 Å². The first-order valence-electron chi connectivity index (χ1n) is 16.4. The topological polar surface area (TPSA) is 139 Å². The second-order valence-corrected chi connectivity index (χ2v) is 11.1. The Kier molecular flexibility index (Phi) is 19.6. The van der Waals surface area contributed by atoms with E-state index in [9.17, 15) is 24.0 Å². The molecule has 0 bridgehead atoms. The van der Waals surface area contributed by atoms with Crippen LogP contribution in [-0.4, -0.2) is 78.4 Å². The second-order valence-electron chi connectivity index (χ2n) is 11.1. The summed E-state index contributed by atoms with van der Waals surface area (Å²) in [4.78, 5) is 64.3. The number of nitrogens with one attached hydrogen (secondary N) is 3. The lowest BCUT2D eigenvalue weighted by Gasteiger charge is -2.35. The number of Topliss-reactive ketones (excluding diaryl/α,β-unsaturated/α-hetero) is 1. The molecule has 11 nitrogen and oxygen atoms in total. The number of nitrogens with zero attached hydrogens (tertiary/aromatic N) is 2. The number of aromatic nitrogens is 1. The van der Waals surface area contributed by atoms with Crippen LogP contribution < -0.4 is 20.8 Å². The molecule has 2 aliphatic heterocycles. The highest BCUT2D eigenvalue weighted by Gasteiger charge is 2.32. The molecule has 0 aliphatic carbocycles. The van der Waals surface area contributed by atoms with Gasteiger partial charge in [-0.15, -0.1) is 0 Å². The third-order valence-electron chi connectivity index (χ3n) is 7.46. The van der Waals surface area contributed by atoms with Crippen LogP contribution in [0.25, 0.3) is 10.9 Å². The number of carbonyl (C=O) groups is 5. The van der Waals surface area contributed by atoms with Gasteiger partial charge in [-0.25, -0.2) is 0 Å². The van der Waals surface area contributed by atoms with E-state index in [0.717, 1.165) is 31.2 Å². The third kappa shape index (κ3) is 14.6. The molecule has 1 unspecified atom stereocenters. The van der Waals surface area contributed by atoms with Crippen LogP contribution in [0.5, 0.6) is 0 Å². The largest absolute Gasteiger partial charge is 0.417 e. The molecule has 4 amide bonds. The Bertz CT molecular complexity index is 1170. The van der Waals surface area contributed by atoms with Crippen LogP contribution in [0, 0.1) is 6.92 Å². The smallest absolute Gasteiger partial charge is 0.243 e. The van der Waals surface area contributed by atoms with Crippen LogP contribution in [0.2, 0.25) is 0 Å². The molecule has 0 saturated carbocycles. The number of unbranched alkanes of at least 4 members (excludes halogenated alkanes) is 3. The van der Waals surface area contributed by atoms with Gasteiger partial charge in [0.25, 0.3) is 0 Å². The third-order valence-corrected chi connectivity index (χ3v) is 7.46. The van der Waals surface area contributed by atoms with Crippen molar-refractivity contribution in [3.05, 3.63) is 36.0 Å². The minimum Gasteiger partial charge on any atom is -0.417 e. The number of amides is 4. The molecule has 3 N–H and O–H groups in total. The van der Waals surface area contributed by atoms with Crippen LogP contribution in [-0.2, 0) is 24.0 Å². The van der Waals surface area contributed by atoms with Crippen LogP contribution in [0.3, 0.4) is 0 Å². The maximum atomic E-state index is 12.1. The SMILES string of the molecule is CCCC.CCCCCC(=O)CC.COn1cc(C)c2ccccc21.O=C1CNC(=O)CNC(=O)C2CCCCN2C(=O)CN1. The molecule has 45 heavy (non-hydrogen) atoms. The number of ketones is 1. The molecule has 0 radical (unpaired) electrons. The number of rotatable bonds is 7. The molecule has 2 fully saturated rings. The summed E-state index contributed by atoms with van der Waals surface area (Å²) >= 11 is 0. The Hall–Kier alpha value is -3.89. The van der Waals surface area contributed by atoms with Crippen molar-refractivity contribution in [2.24, 2.45) is 0 Å². The van der Waals surface area contributed by atoms with Crippen molar-refractivity contribution in [2.45, 2.75) is 105 Å². The van der Waals surface area contributed by atoms with E-state index in [1.165, 1.54) is 41.5 Å². The minimum absolute atomic E-state index is 0.154. The van der Waals surface area contributed by atoms with Gasteiger partial charge in [0.15, 0.2) is 0 Å². The first-order chi connectivity index (χ1) is 21.6. The van der Waals surface area contributed by atoms with Gasteiger partial charge < -0.3 is 25.7 Å². The van der Waals surface area contributed by atoms with E-state index in [2.05, 4.69) is 49.7 Å². The standard InChI is InChI=1S/C12H18N4O4.C10H11NO.C8H16O.C4H10/c17-9-5-13-10(18)6-15-12(20)8-3-1-2-4-16(8)11(19)7-14-9;1-8-7-11(12-2)10-6-4-3-5-9(8)10;1-3-5-6-7-8(9)4-2;1-3-4-2/h8H,1-7H2,(H,13,18)(H,14,17)(H,15,20);3-7H,1-2H3;3-7H2,1-2H3;3-4H2,1-2H3. The summed E-state index contributed by atoms with van der Waals surface area (Å²) in [6.07, 6.45) is 11.9. The van der Waals surface area contributed by atoms with Gasteiger partial charge in [-0.1, -0.05) is 71.6 Å². The molecule has 1 aromatic carbocycles. The Morgan fingerprint density at radius 2 is 1.51 bits per heavy atom. The van der Waals surface area contributed by atoms with E-state index < -0.39 is 17.9 Å². The van der Waals surface area contributed by atoms with E-state index in [1.54, 1.807) is 11.8 Å². The zero-order valence-electron chi connectivity index (χ0n) is 28.2. The lowest BCUT2D eigenvalue weighted by molar-refractivity contribution is -0.143.